The summed E-state index contributed by atoms with van der Waals surface area (Å²) in [7, 11) is 0. The molecule has 2 rings (SSSR count). The molecule has 0 saturated carbocycles. The Bertz CT molecular complexity index is 601. The van der Waals surface area contributed by atoms with Crippen molar-refractivity contribution >= 4 is 0 Å². The molecule has 1 nitrogen and oxygen atoms in total. The molecule has 0 bridgehead atoms. The summed E-state index contributed by atoms with van der Waals surface area (Å²) < 4.78 is 64.6. The monoisotopic (exact) mass is 288 g/mol. The average Bonchev–Trinajstić information content (AvgIpc) is 2.35. The summed E-state index contributed by atoms with van der Waals surface area (Å²) in [5.74, 6) is -1.94. The van der Waals surface area contributed by atoms with Crippen LogP contribution in [0.4, 0.5) is 22.0 Å². The number of benzene rings is 2. The molecule has 0 fully saturated rings. The molecule has 0 amide bonds. The average molecular weight is 288 g/mol. The summed E-state index contributed by atoms with van der Waals surface area (Å²) in [6.07, 6.45) is -6.43. The molecule has 0 saturated heterocycles. The topological polar surface area (TPSA) is 20.2 Å². The van der Waals surface area contributed by atoms with E-state index >= 15 is 0 Å². The second-order valence-electron chi connectivity index (χ2n) is 4.19. The zero-order chi connectivity index (χ0) is 14.9. The summed E-state index contributed by atoms with van der Waals surface area (Å²) in [6, 6.07) is 6.51. The number of hydrogen-bond donors (Lipinski definition) is 1. The molecule has 0 aliphatic heterocycles. The fourth-order valence-corrected chi connectivity index (χ4v) is 1.91. The molecule has 0 spiro atoms. The van der Waals surface area contributed by atoms with Gasteiger partial charge in [-0.1, -0.05) is 18.2 Å². The summed E-state index contributed by atoms with van der Waals surface area (Å²) in [5, 5.41) is 9.95. The predicted octanol–water partition coefficient (Wildman–Crippen LogP) is 4.07. The molecule has 0 aliphatic carbocycles. The first-order valence-electron chi connectivity index (χ1n) is 5.59. The third-order valence-electron chi connectivity index (χ3n) is 2.76. The number of alkyl halides is 3. The van der Waals surface area contributed by atoms with Crippen LogP contribution in [0.1, 0.15) is 22.8 Å². The van der Waals surface area contributed by atoms with Crippen LogP contribution in [-0.4, -0.2) is 5.11 Å². The highest BCUT2D eigenvalue weighted by Gasteiger charge is 2.35. The van der Waals surface area contributed by atoms with Gasteiger partial charge in [-0.15, -0.1) is 0 Å². The number of aliphatic hydroxyl groups is 1. The summed E-state index contributed by atoms with van der Waals surface area (Å²) in [5.41, 5.74) is -1.78. The molecule has 1 N–H and O–H groups in total. The normalized spacial score (nSPS) is 13.3. The highest BCUT2D eigenvalue weighted by molar-refractivity contribution is 5.37. The van der Waals surface area contributed by atoms with Gasteiger partial charge in [-0.3, -0.25) is 0 Å². The Balaban J connectivity index is 2.51. The van der Waals surface area contributed by atoms with Gasteiger partial charge in [0.1, 0.15) is 17.7 Å². The highest BCUT2D eigenvalue weighted by atomic mass is 19.4. The Morgan fingerprint density at radius 2 is 1.45 bits per heavy atom. The zero-order valence-electron chi connectivity index (χ0n) is 9.96. The number of aliphatic hydroxyl groups excluding tert-OH is 1. The van der Waals surface area contributed by atoms with Gasteiger partial charge in [0, 0.05) is 6.07 Å². The minimum atomic E-state index is -4.66. The van der Waals surface area contributed by atoms with Crippen molar-refractivity contribution in [3.05, 3.63) is 70.8 Å². The van der Waals surface area contributed by atoms with E-state index in [9.17, 15) is 27.1 Å². The Morgan fingerprint density at radius 1 is 0.900 bits per heavy atom. The maximum atomic E-state index is 13.1. The van der Waals surface area contributed by atoms with Gasteiger partial charge < -0.3 is 5.11 Å². The first-order valence-corrected chi connectivity index (χ1v) is 5.59. The molecule has 1 atom stereocenters. The zero-order valence-corrected chi connectivity index (χ0v) is 9.96. The van der Waals surface area contributed by atoms with Crippen molar-refractivity contribution in [2.45, 2.75) is 12.3 Å². The van der Waals surface area contributed by atoms with E-state index in [1.54, 1.807) is 0 Å². The predicted molar refractivity (Wildman–Crippen MR) is 61.9 cm³/mol. The van der Waals surface area contributed by atoms with Gasteiger partial charge >= 0.3 is 6.18 Å². The lowest BCUT2D eigenvalue weighted by atomic mass is 9.96. The van der Waals surface area contributed by atoms with Crippen LogP contribution in [0.5, 0.6) is 0 Å². The molecule has 0 aromatic heterocycles. The van der Waals surface area contributed by atoms with Crippen molar-refractivity contribution in [1.82, 2.24) is 0 Å². The van der Waals surface area contributed by atoms with Crippen molar-refractivity contribution in [2.75, 3.05) is 0 Å². The molecule has 106 valence electrons. The molecule has 0 heterocycles. The third-order valence-corrected chi connectivity index (χ3v) is 2.76. The Hall–Kier alpha value is -1.95. The Kier molecular flexibility index (Phi) is 3.76. The summed E-state index contributed by atoms with van der Waals surface area (Å²) in [6.45, 7) is 0. The number of rotatable bonds is 2. The lowest BCUT2D eigenvalue weighted by Gasteiger charge is -2.17. The van der Waals surface area contributed by atoms with Crippen LogP contribution in [0, 0.1) is 11.6 Å². The Morgan fingerprint density at radius 3 is 2.00 bits per heavy atom. The second kappa shape index (κ2) is 5.20. The van der Waals surface area contributed by atoms with E-state index in [1.807, 2.05) is 0 Å². The fraction of sp³-hybridized carbons (Fsp3) is 0.143. The van der Waals surface area contributed by atoms with E-state index in [2.05, 4.69) is 0 Å². The first-order chi connectivity index (χ1) is 9.29. The highest BCUT2D eigenvalue weighted by Crippen LogP contribution is 2.36. The SMILES string of the molecule is OC(c1cc(F)cc(F)c1)c1ccccc1C(F)(F)F. The summed E-state index contributed by atoms with van der Waals surface area (Å²) >= 11 is 0. The van der Waals surface area contributed by atoms with Gasteiger partial charge in [-0.05, 0) is 29.3 Å². The first kappa shape index (κ1) is 14.5. The van der Waals surface area contributed by atoms with Crippen LogP contribution in [-0.2, 0) is 6.18 Å². The van der Waals surface area contributed by atoms with Crippen molar-refractivity contribution < 1.29 is 27.1 Å². The van der Waals surface area contributed by atoms with E-state index in [-0.39, 0.29) is 5.56 Å². The van der Waals surface area contributed by atoms with Gasteiger partial charge in [0.05, 0.1) is 5.56 Å². The summed E-state index contributed by atoms with van der Waals surface area (Å²) in [4.78, 5) is 0. The standard InChI is InChI=1S/C14H9F5O/c15-9-5-8(6-10(16)7-9)13(20)11-3-1-2-4-12(11)14(17,18)19/h1-7,13,20H. The maximum absolute atomic E-state index is 13.1. The van der Waals surface area contributed by atoms with Crippen LogP contribution in [0.25, 0.3) is 0 Å². The maximum Gasteiger partial charge on any atom is 0.416 e. The number of halogens is 5. The lowest BCUT2D eigenvalue weighted by Crippen LogP contribution is -2.12. The number of hydrogen-bond acceptors (Lipinski definition) is 1. The molecular weight excluding hydrogens is 279 g/mol. The van der Waals surface area contributed by atoms with E-state index in [4.69, 9.17) is 0 Å². The molecule has 1 unspecified atom stereocenters. The minimum absolute atomic E-state index is 0.279. The van der Waals surface area contributed by atoms with Crippen LogP contribution in [0.2, 0.25) is 0 Å². The molecule has 0 aliphatic rings. The van der Waals surface area contributed by atoms with Gasteiger partial charge in [-0.25, -0.2) is 8.78 Å². The molecule has 6 heteroatoms. The largest absolute Gasteiger partial charge is 0.416 e. The molecule has 0 radical (unpaired) electrons. The van der Waals surface area contributed by atoms with Crippen LogP contribution in [0.15, 0.2) is 42.5 Å². The quantitative estimate of drug-likeness (QED) is 0.826. The van der Waals surface area contributed by atoms with Gasteiger partial charge in [0.15, 0.2) is 0 Å². The third kappa shape index (κ3) is 2.96. The molecule has 20 heavy (non-hydrogen) atoms. The van der Waals surface area contributed by atoms with Gasteiger partial charge in [0.25, 0.3) is 0 Å². The van der Waals surface area contributed by atoms with E-state index < -0.39 is 35.0 Å². The second-order valence-corrected chi connectivity index (χ2v) is 4.19. The molecule has 2 aromatic carbocycles. The fourth-order valence-electron chi connectivity index (χ4n) is 1.91. The smallest absolute Gasteiger partial charge is 0.384 e. The Labute approximate surface area is 111 Å². The van der Waals surface area contributed by atoms with Crippen molar-refractivity contribution in [1.29, 1.82) is 0 Å². The van der Waals surface area contributed by atoms with Crippen molar-refractivity contribution in [3.8, 4) is 0 Å². The molecular formula is C14H9F5O. The minimum Gasteiger partial charge on any atom is -0.384 e. The van der Waals surface area contributed by atoms with E-state index in [0.717, 1.165) is 24.3 Å². The van der Waals surface area contributed by atoms with Crippen LogP contribution >= 0.6 is 0 Å². The van der Waals surface area contributed by atoms with Crippen LogP contribution in [0.3, 0.4) is 0 Å². The van der Waals surface area contributed by atoms with Crippen LogP contribution < -0.4 is 0 Å². The van der Waals surface area contributed by atoms with E-state index in [0.29, 0.717) is 6.07 Å². The van der Waals surface area contributed by atoms with E-state index in [1.165, 1.54) is 12.1 Å². The lowest BCUT2D eigenvalue weighted by molar-refractivity contribution is -0.139. The molecule has 2 aromatic rings. The van der Waals surface area contributed by atoms with Gasteiger partial charge in [-0.2, -0.15) is 13.2 Å². The van der Waals surface area contributed by atoms with Crippen molar-refractivity contribution in [2.24, 2.45) is 0 Å². The van der Waals surface area contributed by atoms with Crippen molar-refractivity contribution in [3.63, 3.8) is 0 Å². The van der Waals surface area contributed by atoms with Gasteiger partial charge in [0.2, 0.25) is 0 Å².